The summed E-state index contributed by atoms with van der Waals surface area (Å²) >= 11 is 0. The summed E-state index contributed by atoms with van der Waals surface area (Å²) in [5, 5.41) is 0. The maximum absolute atomic E-state index is 13.2. The van der Waals surface area contributed by atoms with Crippen LogP contribution in [0.25, 0.3) is 0 Å². The van der Waals surface area contributed by atoms with E-state index in [1.807, 2.05) is 49.1 Å². The maximum atomic E-state index is 13.2. The second-order valence-electron chi connectivity index (χ2n) is 6.98. The van der Waals surface area contributed by atoms with Crippen molar-refractivity contribution >= 4 is 5.91 Å². The molecule has 1 fully saturated rings. The van der Waals surface area contributed by atoms with Gasteiger partial charge in [-0.1, -0.05) is 49.6 Å². The Bertz CT molecular complexity index is 511. The Morgan fingerprint density at radius 3 is 2.31 bits per heavy atom. The van der Waals surface area contributed by atoms with Crippen LogP contribution in [0.4, 0.5) is 0 Å². The van der Waals surface area contributed by atoms with E-state index in [0.717, 1.165) is 12.1 Å². The maximum Gasteiger partial charge on any atom is 0.244 e. The van der Waals surface area contributed by atoms with Crippen LogP contribution < -0.4 is 5.73 Å². The molecule has 5 nitrogen and oxygen atoms in total. The van der Waals surface area contributed by atoms with Crippen molar-refractivity contribution < 1.29 is 14.3 Å². The monoisotopic (exact) mass is 362 g/mol. The third-order valence-electron chi connectivity index (χ3n) is 5.01. The Labute approximate surface area is 157 Å². The van der Waals surface area contributed by atoms with E-state index in [2.05, 4.69) is 0 Å². The Morgan fingerprint density at radius 2 is 1.73 bits per heavy atom. The molecular weight excluding hydrogens is 328 g/mol. The summed E-state index contributed by atoms with van der Waals surface area (Å²) in [5.74, 6) is 0.491. The number of amides is 1. The van der Waals surface area contributed by atoms with Gasteiger partial charge in [0.25, 0.3) is 0 Å². The van der Waals surface area contributed by atoms with Crippen LogP contribution in [-0.2, 0) is 14.3 Å². The summed E-state index contributed by atoms with van der Waals surface area (Å²) in [6.07, 6.45) is 5.75. The molecule has 1 amide bonds. The van der Waals surface area contributed by atoms with Crippen LogP contribution >= 0.6 is 0 Å². The first-order valence-corrected chi connectivity index (χ1v) is 9.98. The molecule has 0 aromatic heterocycles. The molecule has 2 rings (SSSR count). The number of carbonyl (C=O) groups excluding carboxylic acids is 1. The Morgan fingerprint density at radius 1 is 1.12 bits per heavy atom. The van der Waals surface area contributed by atoms with E-state index >= 15 is 0 Å². The van der Waals surface area contributed by atoms with Gasteiger partial charge < -0.3 is 20.1 Å². The van der Waals surface area contributed by atoms with Gasteiger partial charge in [0.2, 0.25) is 5.91 Å². The van der Waals surface area contributed by atoms with Crippen LogP contribution in [0, 0.1) is 5.92 Å². The fourth-order valence-electron chi connectivity index (χ4n) is 3.64. The minimum Gasteiger partial charge on any atom is -0.351 e. The van der Waals surface area contributed by atoms with E-state index in [-0.39, 0.29) is 5.91 Å². The van der Waals surface area contributed by atoms with Gasteiger partial charge in [0.15, 0.2) is 6.29 Å². The van der Waals surface area contributed by atoms with Gasteiger partial charge >= 0.3 is 0 Å². The van der Waals surface area contributed by atoms with Gasteiger partial charge in [-0.2, -0.15) is 0 Å². The molecule has 1 atom stereocenters. The highest BCUT2D eigenvalue weighted by Crippen LogP contribution is 2.25. The molecule has 1 aromatic carbocycles. The number of rotatable bonds is 10. The molecule has 0 bridgehead atoms. The average Bonchev–Trinajstić information content (AvgIpc) is 2.68. The van der Waals surface area contributed by atoms with Gasteiger partial charge in [-0.25, -0.2) is 0 Å². The molecule has 1 aliphatic carbocycles. The van der Waals surface area contributed by atoms with Gasteiger partial charge in [-0.15, -0.1) is 0 Å². The van der Waals surface area contributed by atoms with E-state index in [1.165, 1.54) is 32.1 Å². The Kier molecular flexibility index (Phi) is 9.09. The third kappa shape index (κ3) is 6.38. The topological polar surface area (TPSA) is 64.8 Å². The van der Waals surface area contributed by atoms with Crippen molar-refractivity contribution in [1.29, 1.82) is 0 Å². The summed E-state index contributed by atoms with van der Waals surface area (Å²) in [5.41, 5.74) is 7.14. The molecule has 2 N–H and O–H groups in total. The van der Waals surface area contributed by atoms with E-state index in [4.69, 9.17) is 15.2 Å². The lowest BCUT2D eigenvalue weighted by Gasteiger charge is -2.33. The average molecular weight is 363 g/mol. The van der Waals surface area contributed by atoms with Crippen LogP contribution in [0.15, 0.2) is 30.3 Å². The molecule has 26 heavy (non-hydrogen) atoms. The number of ether oxygens (including phenoxy) is 2. The summed E-state index contributed by atoms with van der Waals surface area (Å²) in [4.78, 5) is 15.0. The first-order chi connectivity index (χ1) is 12.7. The van der Waals surface area contributed by atoms with Crippen LogP contribution in [0.5, 0.6) is 0 Å². The van der Waals surface area contributed by atoms with Gasteiger partial charge in [0.05, 0.1) is 6.54 Å². The summed E-state index contributed by atoms with van der Waals surface area (Å²) in [7, 11) is 0. The van der Waals surface area contributed by atoms with E-state index < -0.39 is 12.3 Å². The summed E-state index contributed by atoms with van der Waals surface area (Å²) in [6.45, 7) is 6.15. The van der Waals surface area contributed by atoms with Crippen LogP contribution in [-0.4, -0.2) is 43.4 Å². The molecule has 1 saturated carbocycles. The quantitative estimate of drug-likeness (QED) is 0.647. The fourth-order valence-corrected chi connectivity index (χ4v) is 3.64. The van der Waals surface area contributed by atoms with Crippen molar-refractivity contribution in [3.05, 3.63) is 35.9 Å². The Balaban J connectivity index is 2.10. The zero-order valence-electron chi connectivity index (χ0n) is 16.2. The fraction of sp³-hybridized carbons (Fsp3) is 0.667. The number of nitrogens with two attached hydrogens (primary N) is 1. The molecule has 0 aliphatic heterocycles. The normalized spacial score (nSPS) is 16.6. The number of hydrogen-bond donors (Lipinski definition) is 1. The number of benzene rings is 1. The predicted octanol–water partition coefficient (Wildman–Crippen LogP) is 3.49. The van der Waals surface area contributed by atoms with Crippen molar-refractivity contribution in [2.75, 3.05) is 26.3 Å². The first kappa shape index (κ1) is 20.9. The zero-order valence-corrected chi connectivity index (χ0v) is 16.2. The lowest BCUT2D eigenvalue weighted by atomic mass is 9.88. The molecule has 146 valence electrons. The smallest absolute Gasteiger partial charge is 0.244 e. The molecule has 1 aromatic rings. The van der Waals surface area contributed by atoms with Gasteiger partial charge in [0, 0.05) is 19.8 Å². The van der Waals surface area contributed by atoms with Crippen molar-refractivity contribution in [2.45, 2.75) is 58.3 Å². The number of nitrogens with zero attached hydrogens (tertiary/aromatic N) is 1. The van der Waals surface area contributed by atoms with Crippen LogP contribution in [0.3, 0.4) is 0 Å². The second-order valence-corrected chi connectivity index (χ2v) is 6.98. The van der Waals surface area contributed by atoms with Crippen molar-refractivity contribution in [3.8, 4) is 0 Å². The van der Waals surface area contributed by atoms with Crippen molar-refractivity contribution in [3.63, 3.8) is 0 Å². The van der Waals surface area contributed by atoms with E-state index in [0.29, 0.717) is 25.7 Å². The third-order valence-corrected chi connectivity index (χ3v) is 5.01. The number of carbonyl (C=O) groups is 1. The molecule has 5 heteroatoms. The molecule has 0 saturated heterocycles. The lowest BCUT2D eigenvalue weighted by Crippen LogP contribution is -2.46. The summed E-state index contributed by atoms with van der Waals surface area (Å²) < 4.78 is 11.4. The summed E-state index contributed by atoms with van der Waals surface area (Å²) in [6, 6.07) is 8.92. The highest BCUT2D eigenvalue weighted by molar-refractivity contribution is 5.83. The van der Waals surface area contributed by atoms with E-state index in [1.54, 1.807) is 0 Å². The molecule has 0 unspecified atom stereocenters. The molecule has 1 aliphatic rings. The molecule has 0 spiro atoms. The highest BCUT2D eigenvalue weighted by Gasteiger charge is 2.28. The van der Waals surface area contributed by atoms with Gasteiger partial charge in [0.1, 0.15) is 6.04 Å². The zero-order chi connectivity index (χ0) is 18.8. The predicted molar refractivity (Wildman–Crippen MR) is 104 cm³/mol. The second kappa shape index (κ2) is 11.3. The highest BCUT2D eigenvalue weighted by atomic mass is 16.7. The number of hydrogen-bond acceptors (Lipinski definition) is 4. The molecule has 0 heterocycles. The van der Waals surface area contributed by atoms with Crippen molar-refractivity contribution in [2.24, 2.45) is 11.7 Å². The minimum atomic E-state index is -0.649. The lowest BCUT2D eigenvalue weighted by molar-refractivity contribution is -0.160. The van der Waals surface area contributed by atoms with E-state index in [9.17, 15) is 4.79 Å². The largest absolute Gasteiger partial charge is 0.351 e. The molecular formula is C21H34N2O3. The minimum absolute atomic E-state index is 0.0498. The first-order valence-electron chi connectivity index (χ1n) is 9.98. The van der Waals surface area contributed by atoms with Crippen LogP contribution in [0.1, 0.15) is 57.6 Å². The van der Waals surface area contributed by atoms with Crippen molar-refractivity contribution in [1.82, 2.24) is 4.90 Å². The Hall–Kier alpha value is -1.43. The van der Waals surface area contributed by atoms with Crippen LogP contribution in [0.2, 0.25) is 0 Å². The van der Waals surface area contributed by atoms with Gasteiger partial charge in [-0.05, 0) is 38.2 Å². The SMILES string of the molecule is CCOC(CN(CC1CCCCC1)C(=O)[C@@H](N)c1ccccc1)OCC. The standard InChI is InChI=1S/C21H34N2O3/c1-3-25-19(26-4-2)16-23(15-17-11-7-5-8-12-17)21(24)20(22)18-13-9-6-10-14-18/h6,9-10,13-14,17,19-20H,3-5,7-8,11-12,15-16,22H2,1-2H3/t20-/m0/s1. The molecule has 0 radical (unpaired) electrons. The van der Waals surface area contributed by atoms with Gasteiger partial charge in [-0.3, -0.25) is 4.79 Å².